The van der Waals surface area contributed by atoms with Gasteiger partial charge in [0, 0.05) is 12.1 Å². The topological polar surface area (TPSA) is 105 Å². The number of rotatable bonds is 13. The molecule has 0 aliphatic heterocycles. The number of aromatic nitrogens is 1. The average Bonchev–Trinajstić information content (AvgIpc) is 2.83. The van der Waals surface area contributed by atoms with Crippen LogP contribution in [0, 0.1) is 23.7 Å². The van der Waals surface area contributed by atoms with Gasteiger partial charge in [0.2, 0.25) is 5.91 Å². The smallest absolute Gasteiger partial charge is 0.224 e. The summed E-state index contributed by atoms with van der Waals surface area (Å²) in [5, 5.41) is 13.7. The molecule has 1 fully saturated rings. The van der Waals surface area contributed by atoms with E-state index in [1.54, 1.807) is 24.4 Å². The lowest BCUT2D eigenvalue weighted by molar-refractivity contribution is -0.133. The maximum absolute atomic E-state index is 13.3. The average molecular weight is 460 g/mol. The van der Waals surface area contributed by atoms with E-state index in [0.29, 0.717) is 18.0 Å². The van der Waals surface area contributed by atoms with Crippen LogP contribution in [0.3, 0.4) is 0 Å². The molecular formula is C27H45N3O3. The number of nitrogens with two attached hydrogens (primary N) is 1. The molecule has 0 saturated heterocycles. The molecule has 6 nitrogen and oxygen atoms in total. The Morgan fingerprint density at radius 1 is 1.18 bits per heavy atom. The molecular weight excluding hydrogens is 414 g/mol. The second-order valence-electron chi connectivity index (χ2n) is 10.3. The molecule has 5 atom stereocenters. The van der Waals surface area contributed by atoms with Gasteiger partial charge in [0.25, 0.3) is 0 Å². The van der Waals surface area contributed by atoms with Crippen molar-refractivity contribution in [2.75, 3.05) is 0 Å². The Labute approximate surface area is 200 Å². The molecule has 0 radical (unpaired) electrons. The van der Waals surface area contributed by atoms with E-state index < -0.39 is 18.2 Å². The Hall–Kier alpha value is -1.79. The van der Waals surface area contributed by atoms with Crippen molar-refractivity contribution in [2.24, 2.45) is 29.4 Å². The zero-order valence-electron chi connectivity index (χ0n) is 21.0. The maximum atomic E-state index is 13.3. The van der Waals surface area contributed by atoms with Crippen LogP contribution in [0.1, 0.15) is 97.2 Å². The van der Waals surface area contributed by atoms with Crippen molar-refractivity contribution in [3.05, 3.63) is 30.1 Å². The number of aliphatic hydroxyl groups is 1. The molecule has 1 amide bonds. The Balaban J connectivity index is 2.07. The second-order valence-corrected chi connectivity index (χ2v) is 10.3. The van der Waals surface area contributed by atoms with Crippen LogP contribution in [0.15, 0.2) is 24.4 Å². The molecule has 6 heteroatoms. The fraction of sp³-hybridized carbons (Fsp3) is 0.741. The van der Waals surface area contributed by atoms with Gasteiger partial charge in [-0.1, -0.05) is 72.3 Å². The van der Waals surface area contributed by atoms with Crippen molar-refractivity contribution in [1.29, 1.82) is 0 Å². The standard InChI is InChI=1S/C27H45N3O3/c1-5-19(4)24(28)26(32)25(23-13-9-10-16-29-23)30-27(33)22(18(2)3)17-21(31)15-14-20-11-7-6-8-12-20/h9-10,13,16,18-22,24-25,31H,5-8,11-12,14-15,17,28H2,1-4H3,(H,30,33)/t19-,21-,22-,24-,25?/m0/s1. The minimum Gasteiger partial charge on any atom is -0.393 e. The first-order valence-corrected chi connectivity index (χ1v) is 12.9. The van der Waals surface area contributed by atoms with E-state index in [0.717, 1.165) is 19.3 Å². The lowest BCUT2D eigenvalue weighted by atomic mass is 9.83. The third-order valence-corrected chi connectivity index (χ3v) is 7.44. The third-order valence-electron chi connectivity index (χ3n) is 7.44. The molecule has 0 bridgehead atoms. The number of carbonyl (C=O) groups is 2. The van der Waals surface area contributed by atoms with Crippen LogP contribution in [0.5, 0.6) is 0 Å². The van der Waals surface area contributed by atoms with E-state index in [2.05, 4.69) is 10.3 Å². The second kappa shape index (κ2) is 13.8. The highest BCUT2D eigenvalue weighted by molar-refractivity contribution is 5.93. The van der Waals surface area contributed by atoms with E-state index in [1.165, 1.54) is 32.1 Å². The van der Waals surface area contributed by atoms with Crippen LogP contribution >= 0.6 is 0 Å². The zero-order chi connectivity index (χ0) is 24.4. The normalized spacial score (nSPS) is 19.5. The van der Waals surface area contributed by atoms with Crippen LogP contribution in [-0.2, 0) is 9.59 Å². The highest BCUT2D eigenvalue weighted by Gasteiger charge is 2.34. The molecule has 1 heterocycles. The SMILES string of the molecule is CC[C@H](C)[C@H](N)C(=O)C(NC(=O)[C@@H](C[C@@H](O)CCC1CCCCC1)C(C)C)c1ccccn1. The molecule has 1 aliphatic carbocycles. The largest absolute Gasteiger partial charge is 0.393 e. The molecule has 0 spiro atoms. The van der Waals surface area contributed by atoms with E-state index in [4.69, 9.17) is 5.73 Å². The lowest BCUT2D eigenvalue weighted by Crippen LogP contribution is -2.47. The summed E-state index contributed by atoms with van der Waals surface area (Å²) in [6.45, 7) is 7.91. The molecule has 4 N–H and O–H groups in total. The highest BCUT2D eigenvalue weighted by atomic mass is 16.3. The first-order chi connectivity index (χ1) is 15.7. The molecule has 1 aromatic rings. The lowest BCUT2D eigenvalue weighted by Gasteiger charge is -2.28. The summed E-state index contributed by atoms with van der Waals surface area (Å²) in [5.41, 5.74) is 6.74. The van der Waals surface area contributed by atoms with Gasteiger partial charge >= 0.3 is 0 Å². The van der Waals surface area contributed by atoms with E-state index >= 15 is 0 Å². The summed E-state index contributed by atoms with van der Waals surface area (Å²) < 4.78 is 0. The minimum absolute atomic E-state index is 0.00289. The van der Waals surface area contributed by atoms with Gasteiger partial charge in [-0.3, -0.25) is 14.6 Å². The fourth-order valence-electron chi connectivity index (χ4n) is 4.81. The Bertz CT molecular complexity index is 719. The number of hydrogen-bond acceptors (Lipinski definition) is 5. The van der Waals surface area contributed by atoms with Crippen molar-refractivity contribution >= 4 is 11.7 Å². The van der Waals surface area contributed by atoms with Gasteiger partial charge < -0.3 is 16.2 Å². The van der Waals surface area contributed by atoms with Crippen molar-refractivity contribution in [2.45, 2.75) is 104 Å². The van der Waals surface area contributed by atoms with E-state index in [-0.39, 0.29) is 29.4 Å². The summed E-state index contributed by atoms with van der Waals surface area (Å²) >= 11 is 0. The number of pyridine rings is 1. The van der Waals surface area contributed by atoms with Gasteiger partial charge in [-0.25, -0.2) is 0 Å². The van der Waals surface area contributed by atoms with Crippen molar-refractivity contribution in [3.63, 3.8) is 0 Å². The molecule has 1 aliphatic rings. The number of carbonyl (C=O) groups excluding carboxylic acids is 2. The first kappa shape index (κ1) is 27.5. The first-order valence-electron chi connectivity index (χ1n) is 12.9. The van der Waals surface area contributed by atoms with Gasteiger partial charge in [0.1, 0.15) is 6.04 Å². The van der Waals surface area contributed by atoms with Gasteiger partial charge in [-0.15, -0.1) is 0 Å². The quantitative estimate of drug-likeness (QED) is 0.401. The number of ketones is 1. The maximum Gasteiger partial charge on any atom is 0.224 e. The number of Topliss-reactive ketones (excluding diaryl/α,β-unsaturated/α-hetero) is 1. The van der Waals surface area contributed by atoms with Gasteiger partial charge in [0.05, 0.1) is 17.8 Å². The molecule has 1 aromatic heterocycles. The van der Waals surface area contributed by atoms with Crippen molar-refractivity contribution in [3.8, 4) is 0 Å². The Morgan fingerprint density at radius 3 is 2.45 bits per heavy atom. The molecule has 33 heavy (non-hydrogen) atoms. The minimum atomic E-state index is -0.886. The van der Waals surface area contributed by atoms with Gasteiger partial charge in [0.15, 0.2) is 5.78 Å². The van der Waals surface area contributed by atoms with Crippen LogP contribution < -0.4 is 11.1 Å². The molecule has 1 unspecified atom stereocenters. The van der Waals surface area contributed by atoms with Crippen LogP contribution in [0.4, 0.5) is 0 Å². The highest BCUT2D eigenvalue weighted by Crippen LogP contribution is 2.29. The Kier molecular flexibility index (Phi) is 11.5. The summed E-state index contributed by atoms with van der Waals surface area (Å²) in [6, 6.07) is 3.76. The monoisotopic (exact) mass is 459 g/mol. The predicted octanol–water partition coefficient (Wildman–Crippen LogP) is 4.57. The fourth-order valence-corrected chi connectivity index (χ4v) is 4.81. The van der Waals surface area contributed by atoms with Crippen molar-refractivity contribution < 1.29 is 14.7 Å². The van der Waals surface area contributed by atoms with E-state index in [9.17, 15) is 14.7 Å². The van der Waals surface area contributed by atoms with Gasteiger partial charge in [-0.05, 0) is 49.1 Å². The third kappa shape index (κ3) is 8.49. The number of amides is 1. The number of nitrogens with zero attached hydrogens (tertiary/aromatic N) is 1. The van der Waals surface area contributed by atoms with Crippen LogP contribution in [-0.4, -0.2) is 33.9 Å². The number of aliphatic hydroxyl groups excluding tert-OH is 1. The zero-order valence-corrected chi connectivity index (χ0v) is 21.0. The summed E-state index contributed by atoms with van der Waals surface area (Å²) in [7, 11) is 0. The molecule has 1 saturated carbocycles. The summed E-state index contributed by atoms with van der Waals surface area (Å²) in [4.78, 5) is 30.9. The number of nitrogens with one attached hydrogen (secondary N) is 1. The van der Waals surface area contributed by atoms with E-state index in [1.807, 2.05) is 27.7 Å². The van der Waals surface area contributed by atoms with Crippen LogP contribution in [0.2, 0.25) is 0 Å². The molecule has 186 valence electrons. The van der Waals surface area contributed by atoms with Crippen LogP contribution in [0.25, 0.3) is 0 Å². The summed E-state index contributed by atoms with van der Waals surface area (Å²) in [5.74, 6) is -0.0860. The molecule has 0 aromatic carbocycles. The predicted molar refractivity (Wildman–Crippen MR) is 132 cm³/mol. The van der Waals surface area contributed by atoms with Crippen molar-refractivity contribution in [1.82, 2.24) is 10.3 Å². The summed E-state index contributed by atoms with van der Waals surface area (Å²) in [6.07, 6.45) is 10.4. The Morgan fingerprint density at radius 2 is 1.88 bits per heavy atom. The molecule has 2 rings (SSSR count). The van der Waals surface area contributed by atoms with Gasteiger partial charge in [-0.2, -0.15) is 0 Å². The number of hydrogen-bond donors (Lipinski definition) is 3.